The lowest BCUT2D eigenvalue weighted by Crippen LogP contribution is -2.48. The number of halogens is 1. The lowest BCUT2D eigenvalue weighted by atomic mass is 9.93. The van der Waals surface area contributed by atoms with Crippen LogP contribution in [0.25, 0.3) is 0 Å². The molecule has 0 bridgehead atoms. The van der Waals surface area contributed by atoms with E-state index in [0.717, 1.165) is 19.3 Å². The predicted octanol–water partition coefficient (Wildman–Crippen LogP) is 2.15. The molecular formula is C16H24FNO3S. The van der Waals surface area contributed by atoms with Crippen LogP contribution >= 0.6 is 0 Å². The van der Waals surface area contributed by atoms with Crippen molar-refractivity contribution < 1.29 is 17.9 Å². The van der Waals surface area contributed by atoms with Crippen LogP contribution in [0.1, 0.15) is 37.4 Å². The van der Waals surface area contributed by atoms with E-state index in [4.69, 9.17) is 0 Å². The fourth-order valence-corrected chi connectivity index (χ4v) is 4.84. The minimum Gasteiger partial charge on any atom is -0.387 e. The van der Waals surface area contributed by atoms with Crippen LogP contribution in [-0.2, 0) is 9.84 Å². The second-order valence-electron chi connectivity index (χ2n) is 6.20. The van der Waals surface area contributed by atoms with E-state index in [1.54, 1.807) is 25.2 Å². The third kappa shape index (κ3) is 4.06. The maximum atomic E-state index is 13.7. The number of nitrogens with zero attached hydrogens (tertiary/aromatic N) is 1. The molecule has 1 aromatic rings. The van der Waals surface area contributed by atoms with Crippen LogP contribution in [0.2, 0.25) is 0 Å². The van der Waals surface area contributed by atoms with Crippen LogP contribution in [0.4, 0.5) is 4.39 Å². The van der Waals surface area contributed by atoms with E-state index in [0.29, 0.717) is 6.42 Å². The molecule has 4 nitrogen and oxygen atoms in total. The number of benzene rings is 1. The van der Waals surface area contributed by atoms with Crippen molar-refractivity contribution in [1.29, 1.82) is 0 Å². The molecule has 2 rings (SSSR count). The van der Waals surface area contributed by atoms with Crippen LogP contribution < -0.4 is 0 Å². The number of rotatable bonds is 5. The van der Waals surface area contributed by atoms with Gasteiger partial charge in [-0.05, 0) is 26.0 Å². The fraction of sp³-hybridized carbons (Fsp3) is 0.625. The number of hydrogen-bond donors (Lipinski definition) is 1. The van der Waals surface area contributed by atoms with Gasteiger partial charge in [0.2, 0.25) is 0 Å². The molecule has 1 aliphatic rings. The molecule has 0 aromatic heterocycles. The lowest BCUT2D eigenvalue weighted by Gasteiger charge is -2.37. The molecule has 6 heteroatoms. The van der Waals surface area contributed by atoms with Crippen molar-refractivity contribution in [1.82, 2.24) is 4.90 Å². The van der Waals surface area contributed by atoms with Crippen LogP contribution in [-0.4, -0.2) is 49.6 Å². The Hall–Kier alpha value is -0.980. The zero-order chi connectivity index (χ0) is 16.3. The van der Waals surface area contributed by atoms with Crippen molar-refractivity contribution in [3.63, 3.8) is 0 Å². The van der Waals surface area contributed by atoms with E-state index >= 15 is 0 Å². The summed E-state index contributed by atoms with van der Waals surface area (Å²) in [6.45, 7) is 0.220. The summed E-state index contributed by atoms with van der Waals surface area (Å²) in [5, 5.41) is 9.86. The molecular weight excluding hydrogens is 305 g/mol. The van der Waals surface area contributed by atoms with Gasteiger partial charge in [-0.15, -0.1) is 0 Å². The zero-order valence-corrected chi connectivity index (χ0v) is 13.9. The van der Waals surface area contributed by atoms with Crippen LogP contribution in [0.5, 0.6) is 0 Å². The molecule has 3 atom stereocenters. The highest BCUT2D eigenvalue weighted by Gasteiger charge is 2.35. The highest BCUT2D eigenvalue weighted by atomic mass is 32.2. The van der Waals surface area contributed by atoms with Gasteiger partial charge >= 0.3 is 0 Å². The molecule has 3 unspecified atom stereocenters. The Labute approximate surface area is 131 Å². The minimum atomic E-state index is -3.13. The quantitative estimate of drug-likeness (QED) is 0.899. The summed E-state index contributed by atoms with van der Waals surface area (Å²) in [6.07, 6.45) is 3.65. The van der Waals surface area contributed by atoms with Crippen molar-refractivity contribution in [2.45, 2.75) is 43.1 Å². The molecule has 1 aliphatic carbocycles. The average molecular weight is 329 g/mol. The number of aliphatic hydroxyl groups excluding tert-OH is 1. The van der Waals surface area contributed by atoms with Crippen molar-refractivity contribution in [2.24, 2.45) is 0 Å². The van der Waals surface area contributed by atoms with Gasteiger partial charge < -0.3 is 5.11 Å². The second-order valence-corrected chi connectivity index (χ2v) is 8.46. The molecule has 1 fully saturated rings. The Bertz CT molecular complexity index is 605. The molecule has 0 saturated heterocycles. The van der Waals surface area contributed by atoms with Gasteiger partial charge in [0.05, 0.1) is 11.4 Å². The average Bonchev–Trinajstić information content (AvgIpc) is 2.46. The van der Waals surface area contributed by atoms with Gasteiger partial charge in [-0.25, -0.2) is 12.8 Å². The lowest BCUT2D eigenvalue weighted by molar-refractivity contribution is 0.0902. The smallest absolute Gasteiger partial charge is 0.151 e. The molecule has 0 radical (unpaired) electrons. The molecule has 1 saturated carbocycles. The van der Waals surface area contributed by atoms with E-state index in [1.165, 1.54) is 12.3 Å². The summed E-state index contributed by atoms with van der Waals surface area (Å²) in [4.78, 5) is 1.86. The van der Waals surface area contributed by atoms with Gasteiger partial charge in [0, 0.05) is 24.4 Å². The Morgan fingerprint density at radius 2 is 1.95 bits per heavy atom. The fourth-order valence-electron chi connectivity index (χ4n) is 3.33. The first-order chi connectivity index (χ1) is 10.3. The predicted molar refractivity (Wildman–Crippen MR) is 84.9 cm³/mol. The third-order valence-corrected chi connectivity index (χ3v) is 6.16. The number of aliphatic hydroxyl groups is 1. The minimum absolute atomic E-state index is 0.120. The van der Waals surface area contributed by atoms with Crippen molar-refractivity contribution in [3.8, 4) is 0 Å². The highest BCUT2D eigenvalue weighted by molar-refractivity contribution is 7.91. The summed E-state index contributed by atoms with van der Waals surface area (Å²) in [5.41, 5.74) is 0.251. The monoisotopic (exact) mass is 329 g/mol. The van der Waals surface area contributed by atoms with Crippen LogP contribution in [0.15, 0.2) is 24.3 Å². The first-order valence-corrected chi connectivity index (χ1v) is 9.57. The molecule has 0 spiro atoms. The molecule has 0 heterocycles. The van der Waals surface area contributed by atoms with E-state index in [2.05, 4.69) is 0 Å². The Morgan fingerprint density at radius 3 is 2.59 bits per heavy atom. The van der Waals surface area contributed by atoms with E-state index < -0.39 is 27.0 Å². The molecule has 0 amide bonds. The maximum Gasteiger partial charge on any atom is 0.151 e. The number of hydrogen-bond acceptors (Lipinski definition) is 4. The largest absolute Gasteiger partial charge is 0.387 e. The normalized spacial score (nSPS) is 24.4. The van der Waals surface area contributed by atoms with Crippen molar-refractivity contribution >= 4 is 9.84 Å². The topological polar surface area (TPSA) is 57.6 Å². The van der Waals surface area contributed by atoms with Gasteiger partial charge in [0.1, 0.15) is 5.82 Å². The Morgan fingerprint density at radius 1 is 1.32 bits per heavy atom. The number of likely N-dealkylation sites (N-methyl/N-ethyl adjacent to an activating group) is 1. The number of sulfone groups is 1. The van der Waals surface area contributed by atoms with E-state index in [1.807, 2.05) is 4.90 Å². The summed E-state index contributed by atoms with van der Waals surface area (Å²) < 4.78 is 37.6. The summed E-state index contributed by atoms with van der Waals surface area (Å²) >= 11 is 0. The SMILES string of the molecule is CN(CC(O)c1ccccc1F)C1CCCCC1S(C)(=O)=O. The highest BCUT2D eigenvalue weighted by Crippen LogP contribution is 2.29. The van der Waals surface area contributed by atoms with Crippen LogP contribution in [0, 0.1) is 5.82 Å². The van der Waals surface area contributed by atoms with E-state index in [9.17, 15) is 17.9 Å². The Balaban J connectivity index is 2.10. The summed E-state index contributed by atoms with van der Waals surface area (Å²) in [6, 6.07) is 6.02. The first kappa shape index (κ1) is 17.4. The van der Waals surface area contributed by atoms with Gasteiger partial charge in [0.25, 0.3) is 0 Å². The molecule has 1 N–H and O–H groups in total. The van der Waals surface area contributed by atoms with Gasteiger partial charge in [-0.2, -0.15) is 0 Å². The van der Waals surface area contributed by atoms with Gasteiger partial charge in [-0.3, -0.25) is 4.90 Å². The molecule has 124 valence electrons. The zero-order valence-electron chi connectivity index (χ0n) is 13.1. The van der Waals surface area contributed by atoms with Gasteiger partial charge in [-0.1, -0.05) is 31.0 Å². The van der Waals surface area contributed by atoms with Crippen molar-refractivity contribution in [2.75, 3.05) is 19.8 Å². The first-order valence-electron chi connectivity index (χ1n) is 7.62. The maximum absolute atomic E-state index is 13.7. The molecule has 0 aliphatic heterocycles. The second kappa shape index (κ2) is 7.06. The van der Waals surface area contributed by atoms with Gasteiger partial charge in [0.15, 0.2) is 9.84 Å². The van der Waals surface area contributed by atoms with Crippen molar-refractivity contribution in [3.05, 3.63) is 35.6 Å². The summed E-state index contributed by atoms with van der Waals surface area (Å²) in [7, 11) is -1.32. The molecule has 22 heavy (non-hydrogen) atoms. The summed E-state index contributed by atoms with van der Waals surface area (Å²) in [5.74, 6) is -0.438. The standard InChI is InChI=1S/C16H24FNO3S/c1-18(11-15(19)12-7-3-4-8-13(12)17)14-9-5-6-10-16(14)22(2,20)21/h3-4,7-8,14-16,19H,5-6,9-11H2,1-2H3. The molecule has 1 aromatic carbocycles. The van der Waals surface area contributed by atoms with E-state index in [-0.39, 0.29) is 18.2 Å². The third-order valence-electron chi connectivity index (χ3n) is 4.51. The van der Waals surface area contributed by atoms with Crippen LogP contribution in [0.3, 0.4) is 0 Å². The Kier molecular flexibility index (Phi) is 5.58.